The molecule has 4 N–H and O–H groups in total. The van der Waals surface area contributed by atoms with E-state index in [9.17, 15) is 4.79 Å². The van der Waals surface area contributed by atoms with E-state index in [2.05, 4.69) is 25.6 Å². The Bertz CT molecular complexity index is 446. The number of nitrogens with two attached hydrogens (primary N) is 1. The van der Waals surface area contributed by atoms with Crippen molar-refractivity contribution >= 4 is 11.6 Å². The molecule has 1 heterocycles. The van der Waals surface area contributed by atoms with Gasteiger partial charge < -0.3 is 15.6 Å². The normalized spacial score (nSPS) is 10.9. The molecule has 0 bridgehead atoms. The molecule has 7 nitrogen and oxygen atoms in total. The Morgan fingerprint density at radius 1 is 1.45 bits per heavy atom. The van der Waals surface area contributed by atoms with Crippen molar-refractivity contribution in [2.75, 3.05) is 32.6 Å². The molecule has 0 aliphatic rings. The summed E-state index contributed by atoms with van der Waals surface area (Å²) in [6, 6.07) is 0. The molecule has 0 radical (unpaired) electrons. The topological polar surface area (TPSA) is 96.2 Å². The minimum absolute atomic E-state index is 0.155. The van der Waals surface area contributed by atoms with Crippen molar-refractivity contribution in [1.29, 1.82) is 0 Å². The molecule has 0 spiro atoms. The molecular weight excluding hydrogens is 256 g/mol. The molecule has 0 atom stereocenters. The van der Waals surface area contributed by atoms with Crippen LogP contribution in [-0.4, -0.2) is 48.0 Å². The molecule has 1 aromatic rings. The Balaban J connectivity index is 2.72. The Morgan fingerprint density at radius 3 is 2.70 bits per heavy atom. The van der Waals surface area contributed by atoms with Crippen molar-refractivity contribution in [3.8, 4) is 0 Å². The summed E-state index contributed by atoms with van der Waals surface area (Å²) >= 11 is 0. The molecule has 1 amide bonds. The fourth-order valence-corrected chi connectivity index (χ4v) is 1.63. The monoisotopic (exact) mass is 280 g/mol. The molecule has 112 valence electrons. The van der Waals surface area contributed by atoms with Crippen LogP contribution in [0.2, 0.25) is 0 Å². The van der Waals surface area contributed by atoms with Crippen molar-refractivity contribution in [3.05, 3.63) is 17.7 Å². The number of hydrogen-bond donors (Lipinski definition) is 3. The predicted molar refractivity (Wildman–Crippen MR) is 79.4 cm³/mol. The van der Waals surface area contributed by atoms with Crippen molar-refractivity contribution in [1.82, 2.24) is 20.2 Å². The molecule has 0 unspecified atom stereocenters. The number of nitrogen functional groups attached to an aromatic ring is 1. The van der Waals surface area contributed by atoms with Gasteiger partial charge in [-0.3, -0.25) is 10.6 Å². The van der Waals surface area contributed by atoms with E-state index < -0.39 is 0 Å². The molecule has 0 fully saturated rings. The number of nitrogens with one attached hydrogen (secondary N) is 2. The van der Waals surface area contributed by atoms with Gasteiger partial charge in [-0.2, -0.15) is 0 Å². The van der Waals surface area contributed by atoms with Crippen LogP contribution in [0, 0.1) is 0 Å². The van der Waals surface area contributed by atoms with Crippen LogP contribution in [0.4, 0.5) is 5.69 Å². The molecule has 0 aromatic carbocycles. The van der Waals surface area contributed by atoms with Crippen LogP contribution >= 0.6 is 0 Å². The van der Waals surface area contributed by atoms with E-state index >= 15 is 0 Å². The molecule has 7 heteroatoms. The first-order valence-electron chi connectivity index (χ1n) is 6.72. The molecule has 1 aromatic heterocycles. The van der Waals surface area contributed by atoms with Crippen LogP contribution in [0.15, 0.2) is 6.20 Å². The lowest BCUT2D eigenvalue weighted by Gasteiger charge is -2.12. The van der Waals surface area contributed by atoms with Crippen LogP contribution in [0.25, 0.3) is 0 Å². The third kappa shape index (κ3) is 4.75. The number of carbonyl (C=O) groups is 1. The molecule has 1 rings (SSSR count). The molecule has 0 saturated heterocycles. The number of hydrogen-bond acceptors (Lipinski definition) is 6. The first kappa shape index (κ1) is 16.3. The number of carbonyl (C=O) groups excluding carboxylic acids is 1. The largest absolute Gasteiger partial charge is 0.351 e. The zero-order chi connectivity index (χ0) is 15.1. The molecule has 0 saturated carbocycles. The van der Waals surface area contributed by atoms with Crippen molar-refractivity contribution < 1.29 is 4.79 Å². The second kappa shape index (κ2) is 7.76. The van der Waals surface area contributed by atoms with Crippen molar-refractivity contribution in [2.24, 2.45) is 5.84 Å². The maximum Gasteiger partial charge on any atom is 0.272 e. The van der Waals surface area contributed by atoms with Gasteiger partial charge >= 0.3 is 0 Å². The average Bonchev–Trinajstić information content (AvgIpc) is 2.42. The van der Waals surface area contributed by atoms with Gasteiger partial charge in [0.15, 0.2) is 5.69 Å². The highest BCUT2D eigenvalue weighted by Crippen LogP contribution is 2.15. The number of nitrogens with zero attached hydrogens (tertiary/aromatic N) is 3. The van der Waals surface area contributed by atoms with Gasteiger partial charge in [0.2, 0.25) is 0 Å². The Labute approximate surface area is 119 Å². The zero-order valence-electron chi connectivity index (χ0n) is 12.6. The highest BCUT2D eigenvalue weighted by Gasteiger charge is 2.15. The summed E-state index contributed by atoms with van der Waals surface area (Å²) in [5.41, 5.74) is 3.18. The number of amides is 1. The van der Waals surface area contributed by atoms with Gasteiger partial charge in [0.25, 0.3) is 5.91 Å². The fourth-order valence-electron chi connectivity index (χ4n) is 1.63. The SMILES string of the molecule is CC(C)c1ncc(NN)c(C(=O)NCCCN(C)C)n1. The summed E-state index contributed by atoms with van der Waals surface area (Å²) < 4.78 is 0. The smallest absolute Gasteiger partial charge is 0.272 e. The van der Waals surface area contributed by atoms with Gasteiger partial charge in [0.1, 0.15) is 5.82 Å². The van der Waals surface area contributed by atoms with E-state index in [-0.39, 0.29) is 17.5 Å². The van der Waals surface area contributed by atoms with E-state index in [0.29, 0.717) is 18.1 Å². The Hall–Kier alpha value is -1.73. The lowest BCUT2D eigenvalue weighted by atomic mass is 10.2. The summed E-state index contributed by atoms with van der Waals surface area (Å²) in [4.78, 5) is 22.7. The number of rotatable bonds is 7. The lowest BCUT2D eigenvalue weighted by Crippen LogP contribution is -2.29. The number of aromatic nitrogens is 2. The molecule has 0 aliphatic carbocycles. The van der Waals surface area contributed by atoms with Crippen LogP contribution in [0.3, 0.4) is 0 Å². The Kier molecular flexibility index (Phi) is 6.33. The van der Waals surface area contributed by atoms with Crippen LogP contribution < -0.4 is 16.6 Å². The number of hydrazine groups is 1. The second-order valence-electron chi connectivity index (χ2n) is 5.20. The minimum Gasteiger partial charge on any atom is -0.351 e. The quantitative estimate of drug-likeness (QED) is 0.384. The fraction of sp³-hybridized carbons (Fsp3) is 0.615. The first-order chi connectivity index (χ1) is 9.45. The van der Waals surface area contributed by atoms with Crippen molar-refractivity contribution in [3.63, 3.8) is 0 Å². The number of anilines is 1. The maximum atomic E-state index is 12.1. The van der Waals surface area contributed by atoms with Crippen LogP contribution in [-0.2, 0) is 0 Å². The van der Waals surface area contributed by atoms with Gasteiger partial charge in [-0.15, -0.1) is 0 Å². The van der Waals surface area contributed by atoms with Crippen LogP contribution in [0.1, 0.15) is 42.5 Å². The average molecular weight is 280 g/mol. The third-order valence-electron chi connectivity index (χ3n) is 2.76. The van der Waals surface area contributed by atoms with Crippen molar-refractivity contribution in [2.45, 2.75) is 26.2 Å². The molecule has 0 aliphatic heterocycles. The van der Waals surface area contributed by atoms with Gasteiger partial charge in [0, 0.05) is 12.5 Å². The van der Waals surface area contributed by atoms with Gasteiger partial charge in [-0.1, -0.05) is 13.8 Å². The highest BCUT2D eigenvalue weighted by molar-refractivity contribution is 5.97. The van der Waals surface area contributed by atoms with Crippen LogP contribution in [0.5, 0.6) is 0 Å². The summed E-state index contributed by atoms with van der Waals surface area (Å²) in [5.74, 6) is 5.94. The lowest BCUT2D eigenvalue weighted by molar-refractivity contribution is 0.0947. The van der Waals surface area contributed by atoms with Gasteiger partial charge in [0.05, 0.1) is 11.9 Å². The minimum atomic E-state index is -0.235. The van der Waals surface area contributed by atoms with Gasteiger partial charge in [-0.05, 0) is 27.1 Å². The van der Waals surface area contributed by atoms with E-state index in [1.165, 1.54) is 6.20 Å². The summed E-state index contributed by atoms with van der Waals surface area (Å²) in [6.07, 6.45) is 2.42. The highest BCUT2D eigenvalue weighted by atomic mass is 16.1. The van der Waals surface area contributed by atoms with E-state index in [1.807, 2.05) is 27.9 Å². The zero-order valence-corrected chi connectivity index (χ0v) is 12.6. The molecular formula is C13H24N6O. The maximum absolute atomic E-state index is 12.1. The summed E-state index contributed by atoms with van der Waals surface area (Å²) in [5, 5.41) is 2.84. The van der Waals surface area contributed by atoms with E-state index in [1.54, 1.807) is 0 Å². The summed E-state index contributed by atoms with van der Waals surface area (Å²) in [6.45, 7) is 5.47. The predicted octanol–water partition coefficient (Wildman–Crippen LogP) is 0.567. The Morgan fingerprint density at radius 2 is 2.15 bits per heavy atom. The summed E-state index contributed by atoms with van der Waals surface area (Å²) in [7, 11) is 4.00. The second-order valence-corrected chi connectivity index (χ2v) is 5.20. The first-order valence-corrected chi connectivity index (χ1v) is 6.72. The van der Waals surface area contributed by atoms with Gasteiger partial charge in [-0.25, -0.2) is 9.97 Å². The standard InChI is InChI=1S/C13H24N6O/c1-9(2)12-16-8-10(18-14)11(17-12)13(20)15-6-5-7-19(3)4/h8-9,18H,5-7,14H2,1-4H3,(H,15,20). The van der Waals surface area contributed by atoms with E-state index in [4.69, 9.17) is 5.84 Å². The van der Waals surface area contributed by atoms with E-state index in [0.717, 1.165) is 13.0 Å². The molecule has 20 heavy (non-hydrogen) atoms. The third-order valence-corrected chi connectivity index (χ3v) is 2.76.